The van der Waals surface area contributed by atoms with Crippen molar-refractivity contribution in [2.75, 3.05) is 10.6 Å². The van der Waals surface area contributed by atoms with Gasteiger partial charge in [0.15, 0.2) is 0 Å². The molecule has 2 aliphatic carbocycles. The van der Waals surface area contributed by atoms with Crippen LogP contribution in [0.3, 0.4) is 0 Å². The van der Waals surface area contributed by atoms with E-state index in [0.29, 0.717) is 16.9 Å². The number of carbonyl (C=O) groups excluding carboxylic acids is 3. The topological polar surface area (TPSA) is 84.5 Å². The maximum absolute atomic E-state index is 12.9. The van der Waals surface area contributed by atoms with Crippen LogP contribution < -0.4 is 10.6 Å². The largest absolute Gasteiger partial charge is 0.461 e. The Morgan fingerprint density at radius 2 is 1.57 bits per heavy atom. The molecule has 3 fully saturated rings. The van der Waals surface area contributed by atoms with Gasteiger partial charge >= 0.3 is 5.97 Å². The molecule has 2 saturated carbocycles. The molecule has 6 atom stereocenters. The Morgan fingerprint density at radius 1 is 0.933 bits per heavy atom. The van der Waals surface area contributed by atoms with Crippen molar-refractivity contribution < 1.29 is 19.1 Å². The second-order valence-corrected chi connectivity index (χ2v) is 9.96. The minimum absolute atomic E-state index is 0.0330. The van der Waals surface area contributed by atoms with Crippen molar-refractivity contribution in [2.24, 2.45) is 23.7 Å². The molecule has 1 aliphatic heterocycles. The van der Waals surface area contributed by atoms with Gasteiger partial charge in [-0.25, -0.2) is 0 Å². The Labute approximate surface area is 190 Å². The molecule has 8 heteroatoms. The first-order valence-electron chi connectivity index (χ1n) is 9.75. The van der Waals surface area contributed by atoms with E-state index in [1.54, 1.807) is 24.3 Å². The van der Waals surface area contributed by atoms with Crippen molar-refractivity contribution in [3.63, 3.8) is 0 Å². The van der Waals surface area contributed by atoms with Crippen LogP contribution in [-0.4, -0.2) is 28.7 Å². The summed E-state index contributed by atoms with van der Waals surface area (Å²) in [7, 11) is 0. The molecule has 1 saturated heterocycles. The summed E-state index contributed by atoms with van der Waals surface area (Å²) >= 11 is 6.98. The summed E-state index contributed by atoms with van der Waals surface area (Å²) in [5.74, 6) is -1.14. The third kappa shape index (κ3) is 3.26. The molecule has 3 aliphatic rings. The van der Waals surface area contributed by atoms with Gasteiger partial charge in [-0.2, -0.15) is 0 Å². The highest BCUT2D eigenvalue weighted by atomic mass is 79.9. The van der Waals surface area contributed by atoms with Crippen LogP contribution in [0, 0.1) is 23.7 Å². The van der Waals surface area contributed by atoms with E-state index in [1.807, 2.05) is 24.3 Å². The lowest BCUT2D eigenvalue weighted by Gasteiger charge is -2.27. The summed E-state index contributed by atoms with van der Waals surface area (Å²) in [6.07, 6.45) is 0.740. The highest BCUT2D eigenvalue weighted by Gasteiger charge is 2.67. The maximum Gasteiger partial charge on any atom is 0.310 e. The van der Waals surface area contributed by atoms with E-state index in [-0.39, 0.29) is 52.4 Å². The molecular formula is C22H18Br2N2O4. The van der Waals surface area contributed by atoms with Gasteiger partial charge in [-0.15, -0.1) is 0 Å². The van der Waals surface area contributed by atoms with Gasteiger partial charge in [0.25, 0.3) is 5.91 Å². The van der Waals surface area contributed by atoms with E-state index in [0.717, 1.165) is 10.9 Å². The summed E-state index contributed by atoms with van der Waals surface area (Å²) < 4.78 is 6.40. The van der Waals surface area contributed by atoms with Crippen molar-refractivity contribution in [1.82, 2.24) is 0 Å². The van der Waals surface area contributed by atoms with Crippen molar-refractivity contribution in [1.29, 1.82) is 0 Å². The van der Waals surface area contributed by atoms with Crippen LogP contribution in [0.25, 0.3) is 0 Å². The van der Waals surface area contributed by atoms with Gasteiger partial charge in [0.2, 0.25) is 5.91 Å². The van der Waals surface area contributed by atoms with Crippen molar-refractivity contribution in [3.8, 4) is 0 Å². The number of esters is 1. The average molecular weight is 534 g/mol. The van der Waals surface area contributed by atoms with Crippen LogP contribution in [-0.2, 0) is 14.3 Å². The zero-order chi connectivity index (χ0) is 21.0. The summed E-state index contributed by atoms with van der Waals surface area (Å²) in [6.45, 7) is 0. The Kier molecular flexibility index (Phi) is 4.94. The number of ether oxygens (including phenoxy) is 1. The molecule has 6 nitrogen and oxygen atoms in total. The summed E-state index contributed by atoms with van der Waals surface area (Å²) in [5, 5.41) is 5.74. The predicted octanol–water partition coefficient (Wildman–Crippen LogP) is 4.21. The number of rotatable bonds is 4. The van der Waals surface area contributed by atoms with E-state index < -0.39 is 0 Å². The standard InChI is InChI=1S/C22H18Br2N2O4/c23-11-3-7-13(8-4-11)25-20(27)10-1-5-12(6-2-10)26-21(28)16-14-9-15-17(16)22(29)30-19(15)18(14)24/h1-8,14-19H,9H2,(H,25,27)(H,26,28)/t14-,15-,16-,17-,18+,19+/m1/s1. The molecule has 154 valence electrons. The fraction of sp³-hybridized carbons (Fsp3) is 0.318. The molecule has 2 N–H and O–H groups in total. The lowest BCUT2D eigenvalue weighted by Crippen LogP contribution is -2.40. The first-order valence-corrected chi connectivity index (χ1v) is 11.5. The van der Waals surface area contributed by atoms with E-state index >= 15 is 0 Å². The van der Waals surface area contributed by atoms with Gasteiger partial charge < -0.3 is 15.4 Å². The number of halogens is 2. The smallest absolute Gasteiger partial charge is 0.310 e. The lowest BCUT2D eigenvalue weighted by molar-refractivity contribution is -0.145. The van der Waals surface area contributed by atoms with Crippen LogP contribution in [0.15, 0.2) is 53.0 Å². The van der Waals surface area contributed by atoms with Gasteiger partial charge in [0.05, 0.1) is 16.7 Å². The van der Waals surface area contributed by atoms with Gasteiger partial charge in [-0.1, -0.05) is 31.9 Å². The molecule has 0 radical (unpaired) electrons. The molecule has 0 aromatic heterocycles. The second kappa shape index (κ2) is 7.50. The molecule has 2 bridgehead atoms. The fourth-order valence-corrected chi connectivity index (χ4v) is 6.31. The first kappa shape index (κ1) is 19.8. The van der Waals surface area contributed by atoms with Crippen molar-refractivity contribution in [2.45, 2.75) is 17.4 Å². The molecule has 0 unspecified atom stereocenters. The van der Waals surface area contributed by atoms with Gasteiger partial charge in [0, 0.05) is 27.3 Å². The third-order valence-electron chi connectivity index (χ3n) is 6.34. The van der Waals surface area contributed by atoms with Crippen LogP contribution in [0.5, 0.6) is 0 Å². The zero-order valence-corrected chi connectivity index (χ0v) is 18.9. The van der Waals surface area contributed by atoms with Crippen LogP contribution >= 0.6 is 31.9 Å². The molecule has 5 rings (SSSR count). The number of nitrogens with one attached hydrogen (secondary N) is 2. The van der Waals surface area contributed by atoms with E-state index in [1.165, 1.54) is 0 Å². The highest BCUT2D eigenvalue weighted by molar-refractivity contribution is 9.10. The van der Waals surface area contributed by atoms with Crippen LogP contribution in [0.4, 0.5) is 11.4 Å². The van der Waals surface area contributed by atoms with Crippen molar-refractivity contribution >= 4 is 61.0 Å². The van der Waals surface area contributed by atoms with Crippen LogP contribution in [0.1, 0.15) is 16.8 Å². The molecule has 0 spiro atoms. The first-order chi connectivity index (χ1) is 14.4. The van der Waals surface area contributed by atoms with Crippen LogP contribution in [0.2, 0.25) is 0 Å². The Balaban J connectivity index is 1.25. The number of fused-ring (bicyclic) bond motifs is 1. The zero-order valence-electron chi connectivity index (χ0n) is 15.7. The molecule has 2 aromatic carbocycles. The number of anilines is 2. The van der Waals surface area contributed by atoms with E-state index in [4.69, 9.17) is 4.74 Å². The minimum Gasteiger partial charge on any atom is -0.461 e. The average Bonchev–Trinajstić information content (AvgIpc) is 3.34. The Morgan fingerprint density at radius 3 is 2.27 bits per heavy atom. The molecule has 30 heavy (non-hydrogen) atoms. The Bertz CT molecular complexity index is 1020. The van der Waals surface area contributed by atoms with E-state index in [2.05, 4.69) is 42.5 Å². The number of hydrogen-bond donors (Lipinski definition) is 2. The summed E-state index contributed by atoms with van der Waals surface area (Å²) in [5.41, 5.74) is 1.78. The molecule has 2 amide bonds. The van der Waals surface area contributed by atoms with Gasteiger partial charge in [-0.3, -0.25) is 14.4 Å². The van der Waals surface area contributed by atoms with Crippen molar-refractivity contribution in [3.05, 3.63) is 58.6 Å². The monoisotopic (exact) mass is 532 g/mol. The minimum atomic E-state index is -0.383. The SMILES string of the molecule is O=C(Nc1ccc(Br)cc1)c1ccc(NC(=O)[C@@H]2[C@H]3C[C@H]4[C@H](OC(=O)[C@H]42)[C@H]3Br)cc1. The lowest BCUT2D eigenvalue weighted by atomic mass is 9.79. The van der Waals surface area contributed by atoms with Gasteiger partial charge in [-0.05, 0) is 60.9 Å². The maximum atomic E-state index is 12.9. The Hall–Kier alpha value is -2.19. The molecular weight excluding hydrogens is 516 g/mol. The second-order valence-electron chi connectivity index (χ2n) is 7.99. The predicted molar refractivity (Wildman–Crippen MR) is 118 cm³/mol. The van der Waals surface area contributed by atoms with E-state index in [9.17, 15) is 14.4 Å². The number of amides is 2. The number of alkyl halides is 1. The normalized spacial score (nSPS) is 30.8. The van der Waals surface area contributed by atoms with Gasteiger partial charge in [0.1, 0.15) is 6.10 Å². The molecule has 1 heterocycles. The summed E-state index contributed by atoms with van der Waals surface area (Å²) in [4.78, 5) is 37.6. The highest BCUT2D eigenvalue weighted by Crippen LogP contribution is 2.60. The number of carbonyl (C=O) groups is 3. The fourth-order valence-electron chi connectivity index (χ4n) is 5.00. The number of benzene rings is 2. The summed E-state index contributed by atoms with van der Waals surface area (Å²) in [6, 6.07) is 14.0. The quantitative estimate of drug-likeness (QED) is 0.455. The number of hydrogen-bond acceptors (Lipinski definition) is 4. The third-order valence-corrected chi connectivity index (χ3v) is 8.07. The molecule has 2 aromatic rings.